The number of alkyl halides is 2. The van der Waals surface area contributed by atoms with Crippen LogP contribution in [0.25, 0.3) is 0 Å². The monoisotopic (exact) mass is 322 g/mol. The smallest absolute Gasteiger partial charge is 0.268 e. The first-order valence-corrected chi connectivity index (χ1v) is 7.11. The van der Waals surface area contributed by atoms with Crippen LogP contribution < -0.4 is 5.32 Å². The number of nitriles is 1. The molecule has 1 fully saturated rings. The Kier molecular flexibility index (Phi) is 4.59. The first-order valence-electron chi connectivity index (χ1n) is 7.11. The second-order valence-corrected chi connectivity index (χ2v) is 5.43. The summed E-state index contributed by atoms with van der Waals surface area (Å²) < 4.78 is 27.3. The Balaban J connectivity index is 2.05. The van der Waals surface area contributed by atoms with Gasteiger partial charge in [-0.2, -0.15) is 5.26 Å². The van der Waals surface area contributed by atoms with Gasteiger partial charge in [0.25, 0.3) is 11.8 Å². The van der Waals surface area contributed by atoms with E-state index >= 15 is 0 Å². The number of nitrogens with one attached hydrogen (secondary N) is 1. The molecule has 1 atom stereocenters. The summed E-state index contributed by atoms with van der Waals surface area (Å²) in [4.78, 5) is 28.7. The van der Waals surface area contributed by atoms with Crippen LogP contribution in [0, 0.1) is 11.3 Å². The van der Waals surface area contributed by atoms with Gasteiger partial charge in [-0.25, -0.2) is 8.78 Å². The fourth-order valence-electron chi connectivity index (χ4n) is 2.64. The Labute approximate surface area is 132 Å². The largest absolute Gasteiger partial charge is 0.343 e. The molecule has 0 radical (unpaired) electrons. The van der Waals surface area contributed by atoms with Crippen molar-refractivity contribution in [3.63, 3.8) is 0 Å². The van der Waals surface area contributed by atoms with Crippen LogP contribution in [0.15, 0.2) is 24.5 Å². The number of amides is 2. The summed E-state index contributed by atoms with van der Waals surface area (Å²) in [6.07, 6.45) is 2.27. The van der Waals surface area contributed by atoms with Crippen molar-refractivity contribution in [1.29, 1.82) is 5.26 Å². The third kappa shape index (κ3) is 3.44. The molecule has 1 aliphatic heterocycles. The first kappa shape index (κ1) is 16.8. The maximum atomic E-state index is 13.6. The SMILES string of the molecule is CCC1(C#N)CC(F)(F)CN1C(=O)CNC(=O)c1ccncc1. The van der Waals surface area contributed by atoms with Gasteiger partial charge >= 0.3 is 0 Å². The molecule has 122 valence electrons. The normalized spacial score (nSPS) is 22.4. The molecule has 2 amide bonds. The third-order valence-corrected chi connectivity index (χ3v) is 3.89. The molecule has 23 heavy (non-hydrogen) atoms. The summed E-state index contributed by atoms with van der Waals surface area (Å²) in [6, 6.07) is 4.77. The van der Waals surface area contributed by atoms with Crippen LogP contribution in [0.5, 0.6) is 0 Å². The number of nitrogens with zero attached hydrogens (tertiary/aromatic N) is 3. The first-order chi connectivity index (χ1) is 10.8. The summed E-state index contributed by atoms with van der Waals surface area (Å²) in [7, 11) is 0. The molecular weight excluding hydrogens is 306 g/mol. The highest BCUT2D eigenvalue weighted by Gasteiger charge is 2.56. The fraction of sp³-hybridized carbons (Fsp3) is 0.467. The Bertz CT molecular complexity index is 645. The molecule has 1 aliphatic rings. The molecule has 0 aliphatic carbocycles. The predicted molar refractivity (Wildman–Crippen MR) is 76.5 cm³/mol. The zero-order valence-corrected chi connectivity index (χ0v) is 12.6. The quantitative estimate of drug-likeness (QED) is 0.906. The number of carbonyl (C=O) groups excluding carboxylic acids is 2. The van der Waals surface area contributed by atoms with E-state index in [0.29, 0.717) is 5.56 Å². The van der Waals surface area contributed by atoms with Gasteiger partial charge in [0.2, 0.25) is 5.91 Å². The van der Waals surface area contributed by atoms with Gasteiger partial charge in [-0.3, -0.25) is 14.6 Å². The predicted octanol–water partition coefficient (Wildman–Crippen LogP) is 1.35. The standard InChI is InChI=1S/C15H16F2N4O2/c1-2-14(9-18)8-15(16,17)10-21(14)12(22)7-20-13(23)11-3-5-19-6-4-11/h3-6H,2,7-8,10H2,1H3,(H,20,23). The van der Waals surface area contributed by atoms with Gasteiger partial charge in [-0.15, -0.1) is 0 Å². The molecule has 8 heteroatoms. The van der Waals surface area contributed by atoms with Gasteiger partial charge in [-0.05, 0) is 18.6 Å². The van der Waals surface area contributed by atoms with E-state index in [4.69, 9.17) is 0 Å². The van der Waals surface area contributed by atoms with Crippen LogP contribution in [-0.4, -0.2) is 46.2 Å². The lowest BCUT2D eigenvalue weighted by Crippen LogP contribution is -2.49. The third-order valence-electron chi connectivity index (χ3n) is 3.89. The van der Waals surface area contributed by atoms with Crippen molar-refractivity contribution in [3.8, 4) is 6.07 Å². The van der Waals surface area contributed by atoms with E-state index in [2.05, 4.69) is 10.3 Å². The number of rotatable bonds is 4. The lowest BCUT2D eigenvalue weighted by molar-refractivity contribution is -0.133. The summed E-state index contributed by atoms with van der Waals surface area (Å²) in [6.45, 7) is 0.333. The maximum absolute atomic E-state index is 13.6. The van der Waals surface area contributed by atoms with Crippen molar-refractivity contribution in [2.24, 2.45) is 0 Å². The van der Waals surface area contributed by atoms with E-state index in [1.807, 2.05) is 6.07 Å². The van der Waals surface area contributed by atoms with Gasteiger partial charge in [0.15, 0.2) is 0 Å². The number of halogens is 2. The fourth-order valence-corrected chi connectivity index (χ4v) is 2.64. The number of likely N-dealkylation sites (tertiary alicyclic amines) is 1. The average molecular weight is 322 g/mol. The molecule has 1 aromatic heterocycles. The number of aromatic nitrogens is 1. The van der Waals surface area contributed by atoms with Gasteiger partial charge < -0.3 is 10.2 Å². The van der Waals surface area contributed by atoms with E-state index in [0.717, 1.165) is 4.90 Å². The van der Waals surface area contributed by atoms with Gasteiger partial charge in [0.1, 0.15) is 5.54 Å². The van der Waals surface area contributed by atoms with Crippen molar-refractivity contribution in [2.45, 2.75) is 31.2 Å². The maximum Gasteiger partial charge on any atom is 0.268 e. The lowest BCUT2D eigenvalue weighted by Gasteiger charge is -2.30. The minimum Gasteiger partial charge on any atom is -0.343 e. The topological polar surface area (TPSA) is 86.1 Å². The summed E-state index contributed by atoms with van der Waals surface area (Å²) in [5, 5.41) is 11.6. The number of pyridine rings is 1. The van der Waals surface area contributed by atoms with Crippen LogP contribution in [0.1, 0.15) is 30.1 Å². The minimum atomic E-state index is -3.10. The molecule has 1 N–H and O–H groups in total. The highest BCUT2D eigenvalue weighted by molar-refractivity contribution is 5.96. The minimum absolute atomic E-state index is 0.100. The van der Waals surface area contributed by atoms with E-state index < -0.39 is 42.8 Å². The van der Waals surface area contributed by atoms with Crippen LogP contribution in [-0.2, 0) is 4.79 Å². The number of hydrogen-bond donors (Lipinski definition) is 1. The molecule has 2 rings (SSSR count). The van der Waals surface area contributed by atoms with Crippen LogP contribution >= 0.6 is 0 Å². The molecule has 0 aromatic carbocycles. The zero-order valence-electron chi connectivity index (χ0n) is 12.6. The van der Waals surface area contributed by atoms with Crippen molar-refractivity contribution < 1.29 is 18.4 Å². The summed E-state index contributed by atoms with van der Waals surface area (Å²) in [5.74, 6) is -4.31. The van der Waals surface area contributed by atoms with Gasteiger partial charge in [0, 0.05) is 24.4 Å². The molecule has 1 unspecified atom stereocenters. The molecule has 6 nitrogen and oxygen atoms in total. The van der Waals surface area contributed by atoms with E-state index in [9.17, 15) is 23.6 Å². The van der Waals surface area contributed by atoms with Crippen molar-refractivity contribution >= 4 is 11.8 Å². The van der Waals surface area contributed by atoms with E-state index in [1.54, 1.807) is 6.92 Å². The van der Waals surface area contributed by atoms with Crippen molar-refractivity contribution in [1.82, 2.24) is 15.2 Å². The molecule has 0 spiro atoms. The molecule has 1 aromatic rings. The molecule has 0 saturated carbocycles. The van der Waals surface area contributed by atoms with E-state index in [1.165, 1.54) is 24.5 Å². The highest BCUT2D eigenvalue weighted by atomic mass is 19.3. The molecular formula is C15H16F2N4O2. The Morgan fingerprint density at radius 1 is 1.43 bits per heavy atom. The lowest BCUT2D eigenvalue weighted by atomic mass is 9.94. The summed E-state index contributed by atoms with van der Waals surface area (Å²) in [5.41, 5.74) is -1.22. The highest BCUT2D eigenvalue weighted by Crippen LogP contribution is 2.41. The average Bonchev–Trinajstić information content (AvgIpc) is 2.85. The Morgan fingerprint density at radius 3 is 2.65 bits per heavy atom. The second-order valence-electron chi connectivity index (χ2n) is 5.43. The molecule has 1 saturated heterocycles. The van der Waals surface area contributed by atoms with Crippen LogP contribution in [0.4, 0.5) is 8.78 Å². The number of carbonyl (C=O) groups is 2. The van der Waals surface area contributed by atoms with E-state index in [-0.39, 0.29) is 6.42 Å². The summed E-state index contributed by atoms with van der Waals surface area (Å²) >= 11 is 0. The van der Waals surface area contributed by atoms with Gasteiger partial charge in [-0.1, -0.05) is 6.92 Å². The van der Waals surface area contributed by atoms with Crippen LogP contribution in [0.3, 0.4) is 0 Å². The Hall–Kier alpha value is -2.56. The molecule has 2 heterocycles. The zero-order chi connectivity index (χ0) is 17.1. The van der Waals surface area contributed by atoms with Gasteiger partial charge in [0.05, 0.1) is 19.2 Å². The van der Waals surface area contributed by atoms with Crippen molar-refractivity contribution in [2.75, 3.05) is 13.1 Å². The van der Waals surface area contributed by atoms with Crippen molar-refractivity contribution in [3.05, 3.63) is 30.1 Å². The Morgan fingerprint density at radius 2 is 2.09 bits per heavy atom. The molecule has 0 bridgehead atoms. The second kappa shape index (κ2) is 6.28. The van der Waals surface area contributed by atoms with Crippen LogP contribution in [0.2, 0.25) is 0 Å². The number of hydrogen-bond acceptors (Lipinski definition) is 4.